The Morgan fingerprint density at radius 3 is 2.82 bits per heavy atom. The van der Waals surface area contributed by atoms with E-state index in [-0.39, 0.29) is 23.0 Å². The van der Waals surface area contributed by atoms with Gasteiger partial charge >= 0.3 is 5.16 Å². The summed E-state index contributed by atoms with van der Waals surface area (Å²) < 4.78 is 7.02. The molecule has 3 rings (SSSR count). The standard InChI is InChI=1S/C18H17N5O4S/c1-2-27-14-8-9-15(16(10-14)23(25)26)21-17(24)11-28-18-19-12-20-22(18)13-6-4-3-5-7-13/h3-10,12H,2,11H2,1H3,(H,21,24)/p+1. The van der Waals surface area contributed by atoms with Crippen molar-refractivity contribution in [2.45, 2.75) is 12.1 Å². The van der Waals surface area contributed by atoms with Gasteiger partial charge in [-0.1, -0.05) is 18.2 Å². The number of aromatic amines is 1. The van der Waals surface area contributed by atoms with Gasteiger partial charge in [0.1, 0.15) is 11.4 Å². The number of thioether (sulfide) groups is 1. The third kappa shape index (κ3) is 4.65. The molecular formula is C18H18N5O4S+. The maximum Gasteiger partial charge on any atom is 0.385 e. The highest BCUT2D eigenvalue weighted by molar-refractivity contribution is 7.99. The van der Waals surface area contributed by atoms with Crippen molar-refractivity contribution in [1.29, 1.82) is 0 Å². The van der Waals surface area contributed by atoms with Crippen molar-refractivity contribution in [3.05, 3.63) is 65.0 Å². The molecule has 0 bridgehead atoms. The van der Waals surface area contributed by atoms with Crippen LogP contribution in [0.2, 0.25) is 0 Å². The molecule has 1 aromatic heterocycles. The van der Waals surface area contributed by atoms with Crippen molar-refractivity contribution in [3.63, 3.8) is 0 Å². The Balaban J connectivity index is 1.67. The summed E-state index contributed by atoms with van der Waals surface area (Å²) in [5.74, 6) is 0.0454. The number of ether oxygens (including phenoxy) is 1. The molecule has 3 aromatic rings. The zero-order valence-electron chi connectivity index (χ0n) is 15.0. The van der Waals surface area contributed by atoms with Gasteiger partial charge in [-0.2, -0.15) is 5.10 Å². The first-order valence-electron chi connectivity index (χ1n) is 8.43. The first-order chi connectivity index (χ1) is 13.6. The number of carbonyl (C=O) groups is 1. The van der Waals surface area contributed by atoms with E-state index in [1.807, 2.05) is 30.3 Å². The third-order valence-corrected chi connectivity index (χ3v) is 4.60. The lowest BCUT2D eigenvalue weighted by Gasteiger charge is -2.07. The molecule has 144 valence electrons. The number of nitrogens with one attached hydrogen (secondary N) is 2. The fourth-order valence-electron chi connectivity index (χ4n) is 2.46. The Hall–Kier alpha value is -3.40. The van der Waals surface area contributed by atoms with E-state index in [1.54, 1.807) is 17.7 Å². The Kier molecular flexibility index (Phi) is 6.22. The third-order valence-electron chi connectivity index (χ3n) is 3.65. The number of nitro groups is 1. The second kappa shape index (κ2) is 9.00. The predicted molar refractivity (Wildman–Crippen MR) is 104 cm³/mol. The van der Waals surface area contributed by atoms with Gasteiger partial charge in [0.2, 0.25) is 12.2 Å². The average molecular weight is 400 g/mol. The average Bonchev–Trinajstić information content (AvgIpc) is 3.17. The summed E-state index contributed by atoms with van der Waals surface area (Å²) in [5.41, 5.74) is 0.783. The Labute approximate surface area is 164 Å². The fraction of sp³-hybridized carbons (Fsp3) is 0.167. The van der Waals surface area contributed by atoms with Gasteiger partial charge < -0.3 is 10.1 Å². The first-order valence-corrected chi connectivity index (χ1v) is 9.41. The number of para-hydroxylation sites is 1. The van der Waals surface area contributed by atoms with E-state index in [2.05, 4.69) is 15.4 Å². The van der Waals surface area contributed by atoms with Crippen LogP contribution in [-0.4, -0.2) is 33.3 Å². The smallest absolute Gasteiger partial charge is 0.385 e. The molecule has 0 fully saturated rings. The molecule has 0 aliphatic rings. The van der Waals surface area contributed by atoms with Gasteiger partial charge in [-0.05, 0) is 47.9 Å². The van der Waals surface area contributed by atoms with Crippen molar-refractivity contribution < 1.29 is 19.1 Å². The summed E-state index contributed by atoms with van der Waals surface area (Å²) >= 11 is 1.22. The molecule has 2 N–H and O–H groups in total. The lowest BCUT2D eigenvalue weighted by atomic mass is 10.2. The molecule has 0 saturated heterocycles. The number of rotatable bonds is 8. The quantitative estimate of drug-likeness (QED) is 0.260. The first kappa shape index (κ1) is 19.4. The minimum atomic E-state index is -0.553. The highest BCUT2D eigenvalue weighted by atomic mass is 32.2. The van der Waals surface area contributed by atoms with Gasteiger partial charge in [0.25, 0.3) is 5.69 Å². The van der Waals surface area contributed by atoms with Gasteiger partial charge in [-0.25, -0.2) is 0 Å². The van der Waals surface area contributed by atoms with E-state index >= 15 is 0 Å². The summed E-state index contributed by atoms with van der Waals surface area (Å²) in [6.07, 6.45) is 1.53. The van der Waals surface area contributed by atoms with Crippen LogP contribution in [0.1, 0.15) is 6.92 Å². The summed E-state index contributed by atoms with van der Waals surface area (Å²) in [5, 5.41) is 17.4. The number of hydrogen-bond acceptors (Lipinski definition) is 6. The van der Waals surface area contributed by atoms with Crippen LogP contribution >= 0.6 is 11.8 Å². The van der Waals surface area contributed by atoms with Crippen molar-refractivity contribution in [1.82, 2.24) is 10.1 Å². The monoisotopic (exact) mass is 400 g/mol. The van der Waals surface area contributed by atoms with E-state index in [9.17, 15) is 14.9 Å². The molecule has 10 heteroatoms. The number of aromatic nitrogens is 3. The van der Waals surface area contributed by atoms with Crippen molar-refractivity contribution in [3.8, 4) is 11.4 Å². The second-order valence-corrected chi connectivity index (χ2v) is 6.49. The van der Waals surface area contributed by atoms with Gasteiger partial charge in [0.15, 0.2) is 5.69 Å². The Morgan fingerprint density at radius 2 is 2.11 bits per heavy atom. The van der Waals surface area contributed by atoms with Gasteiger partial charge in [-0.3, -0.25) is 14.9 Å². The number of hydrogen-bond donors (Lipinski definition) is 2. The number of anilines is 1. The zero-order chi connectivity index (χ0) is 19.9. The molecule has 0 atom stereocenters. The minimum absolute atomic E-state index is 0.0437. The van der Waals surface area contributed by atoms with Crippen LogP contribution in [-0.2, 0) is 4.79 Å². The number of nitrogens with zero attached hydrogens (tertiary/aromatic N) is 3. The highest BCUT2D eigenvalue weighted by Gasteiger charge is 2.21. The van der Waals surface area contributed by atoms with Crippen LogP contribution in [0, 0.1) is 10.1 Å². The largest absolute Gasteiger partial charge is 0.494 e. The SMILES string of the molecule is CCOc1ccc(NC(=O)CSc2nc[nH][n+]2-c2ccccc2)c([N+](=O)[O-])c1. The summed E-state index contributed by atoms with van der Waals surface area (Å²) in [7, 11) is 0. The minimum Gasteiger partial charge on any atom is -0.494 e. The van der Waals surface area contributed by atoms with Crippen molar-refractivity contribution >= 4 is 29.0 Å². The van der Waals surface area contributed by atoms with Gasteiger partial charge in [0, 0.05) is 0 Å². The van der Waals surface area contributed by atoms with E-state index in [0.717, 1.165) is 5.69 Å². The van der Waals surface area contributed by atoms with Gasteiger partial charge in [-0.15, -0.1) is 4.68 Å². The van der Waals surface area contributed by atoms with Crippen LogP contribution in [0.5, 0.6) is 5.75 Å². The summed E-state index contributed by atoms with van der Waals surface area (Å²) in [6.45, 7) is 2.18. The van der Waals surface area contributed by atoms with E-state index in [0.29, 0.717) is 17.5 Å². The van der Waals surface area contributed by atoms with Gasteiger partial charge in [0.05, 0.1) is 23.3 Å². The molecule has 0 radical (unpaired) electrons. The second-order valence-electron chi connectivity index (χ2n) is 5.55. The van der Waals surface area contributed by atoms with Crippen LogP contribution in [0.15, 0.2) is 60.0 Å². The maximum atomic E-state index is 12.3. The number of nitro benzene ring substituents is 1. The normalized spacial score (nSPS) is 10.5. The molecule has 0 saturated carbocycles. The van der Waals surface area contributed by atoms with Crippen molar-refractivity contribution in [2.75, 3.05) is 17.7 Å². The van der Waals surface area contributed by atoms with E-state index in [4.69, 9.17) is 4.74 Å². The molecule has 9 nitrogen and oxygen atoms in total. The maximum absolute atomic E-state index is 12.3. The lowest BCUT2D eigenvalue weighted by Crippen LogP contribution is -2.35. The Morgan fingerprint density at radius 1 is 1.32 bits per heavy atom. The lowest BCUT2D eigenvalue weighted by molar-refractivity contribution is -0.694. The van der Waals surface area contributed by atoms with E-state index < -0.39 is 4.92 Å². The molecule has 1 heterocycles. The number of H-pyrrole nitrogens is 1. The van der Waals surface area contributed by atoms with Crippen LogP contribution in [0.25, 0.3) is 5.69 Å². The van der Waals surface area contributed by atoms with Crippen LogP contribution in [0.4, 0.5) is 11.4 Å². The zero-order valence-corrected chi connectivity index (χ0v) is 15.8. The number of carbonyl (C=O) groups excluding carboxylic acids is 1. The molecule has 2 aromatic carbocycles. The van der Waals surface area contributed by atoms with Crippen molar-refractivity contribution in [2.24, 2.45) is 0 Å². The molecule has 28 heavy (non-hydrogen) atoms. The topological polar surface area (TPSA) is 114 Å². The summed E-state index contributed by atoms with van der Waals surface area (Å²) in [4.78, 5) is 27.3. The number of amides is 1. The molecule has 1 amide bonds. The highest BCUT2D eigenvalue weighted by Crippen LogP contribution is 2.29. The molecule has 0 spiro atoms. The predicted octanol–water partition coefficient (Wildman–Crippen LogP) is 2.72. The summed E-state index contributed by atoms with van der Waals surface area (Å²) in [6, 6.07) is 13.9. The van der Waals surface area contributed by atoms with Crippen LogP contribution in [0.3, 0.4) is 0 Å². The fourth-order valence-corrected chi connectivity index (χ4v) is 3.21. The molecule has 0 aliphatic carbocycles. The molecular weight excluding hydrogens is 382 g/mol. The number of benzene rings is 2. The van der Waals surface area contributed by atoms with Crippen LogP contribution < -0.4 is 14.7 Å². The molecule has 0 unspecified atom stereocenters. The Bertz CT molecular complexity index is 977. The molecule has 0 aliphatic heterocycles. The van der Waals surface area contributed by atoms with E-state index in [1.165, 1.54) is 30.2 Å².